The second-order valence-electron chi connectivity index (χ2n) is 5.96. The van der Waals surface area contributed by atoms with E-state index in [1.807, 2.05) is 0 Å². The topological polar surface area (TPSA) is 86.6 Å². The molecule has 0 fully saturated rings. The lowest BCUT2D eigenvalue weighted by atomic mass is 10.1. The number of carbonyl (C=O) groups is 2. The van der Waals surface area contributed by atoms with E-state index in [0.717, 1.165) is 12.8 Å². The first kappa shape index (κ1) is 20.9. The number of hydrogen-bond acceptors (Lipinski definition) is 3. The molecule has 0 radical (unpaired) electrons. The Balaban J connectivity index is 3.42. The summed E-state index contributed by atoms with van der Waals surface area (Å²) in [4.78, 5) is 21.4. The third kappa shape index (κ3) is 13.9. The molecule has 0 spiro atoms. The summed E-state index contributed by atoms with van der Waals surface area (Å²) >= 11 is 0. The Morgan fingerprint density at radius 2 is 1.36 bits per heavy atom. The van der Waals surface area contributed by atoms with Crippen LogP contribution in [0, 0.1) is 0 Å². The van der Waals surface area contributed by atoms with Gasteiger partial charge in [0.2, 0.25) is 0 Å². The molecular weight excluding hydrogens is 282 g/mol. The van der Waals surface area contributed by atoms with Gasteiger partial charge in [0.25, 0.3) is 0 Å². The lowest BCUT2D eigenvalue weighted by Gasteiger charge is -2.13. The Bertz CT molecular complexity index is 294. The number of hydrogen-bond donors (Lipinski definition) is 3. The average molecular weight is 315 g/mol. The lowest BCUT2D eigenvalue weighted by Crippen LogP contribution is -2.37. The Morgan fingerprint density at radius 1 is 0.864 bits per heavy atom. The number of carboxylic acid groups (broad SMARTS) is 2. The summed E-state index contributed by atoms with van der Waals surface area (Å²) in [6.07, 6.45) is 12.5. The summed E-state index contributed by atoms with van der Waals surface area (Å²) in [5.74, 6) is -1.92. The number of unbranched alkanes of at least 4 members (excludes halogenated alkanes) is 9. The van der Waals surface area contributed by atoms with E-state index in [2.05, 4.69) is 12.2 Å². The van der Waals surface area contributed by atoms with Crippen LogP contribution in [-0.4, -0.2) is 34.7 Å². The summed E-state index contributed by atoms with van der Waals surface area (Å²) in [6.45, 7) is 2.87. The maximum absolute atomic E-state index is 11.0. The van der Waals surface area contributed by atoms with Crippen LogP contribution in [0.5, 0.6) is 0 Å². The minimum atomic E-state index is -0.965. The van der Waals surface area contributed by atoms with E-state index in [1.54, 1.807) is 0 Å². The number of rotatable bonds is 16. The summed E-state index contributed by atoms with van der Waals surface area (Å²) in [5, 5.41) is 20.5. The third-order valence-corrected chi connectivity index (χ3v) is 3.87. The van der Waals surface area contributed by atoms with Gasteiger partial charge in [0.05, 0.1) is 0 Å². The van der Waals surface area contributed by atoms with Gasteiger partial charge in [-0.05, 0) is 19.4 Å². The van der Waals surface area contributed by atoms with Crippen LogP contribution in [0.2, 0.25) is 0 Å². The van der Waals surface area contributed by atoms with Crippen LogP contribution in [0.15, 0.2) is 0 Å². The van der Waals surface area contributed by atoms with Gasteiger partial charge in [-0.2, -0.15) is 0 Å². The molecule has 0 aromatic heterocycles. The summed E-state index contributed by atoms with van der Waals surface area (Å²) in [7, 11) is 0. The molecule has 0 aliphatic carbocycles. The van der Waals surface area contributed by atoms with Crippen LogP contribution >= 0.6 is 0 Å². The van der Waals surface area contributed by atoms with Crippen LogP contribution in [-0.2, 0) is 9.59 Å². The average Bonchev–Trinajstić information content (AvgIpc) is 2.47. The predicted molar refractivity (Wildman–Crippen MR) is 88.1 cm³/mol. The van der Waals surface area contributed by atoms with E-state index in [4.69, 9.17) is 10.2 Å². The second-order valence-corrected chi connectivity index (χ2v) is 5.96. The van der Waals surface area contributed by atoms with Crippen molar-refractivity contribution in [3.63, 3.8) is 0 Å². The zero-order valence-corrected chi connectivity index (χ0v) is 14.0. The van der Waals surface area contributed by atoms with Crippen molar-refractivity contribution in [1.29, 1.82) is 0 Å². The van der Waals surface area contributed by atoms with Gasteiger partial charge >= 0.3 is 11.9 Å². The Kier molecular flexibility index (Phi) is 14.1. The highest BCUT2D eigenvalue weighted by Gasteiger charge is 2.17. The molecular formula is C17H33NO4. The molecule has 0 unspecified atom stereocenters. The van der Waals surface area contributed by atoms with Crippen molar-refractivity contribution in [1.82, 2.24) is 5.32 Å². The van der Waals surface area contributed by atoms with E-state index in [-0.39, 0.29) is 12.8 Å². The monoisotopic (exact) mass is 315 g/mol. The summed E-state index contributed by atoms with van der Waals surface area (Å²) in [6, 6.07) is -0.741. The molecule has 3 N–H and O–H groups in total. The van der Waals surface area contributed by atoms with Crippen molar-refractivity contribution in [2.45, 2.75) is 90.0 Å². The number of nitrogens with one attached hydrogen (secondary N) is 1. The fourth-order valence-electron chi connectivity index (χ4n) is 2.47. The molecule has 5 nitrogen and oxygen atoms in total. The van der Waals surface area contributed by atoms with Gasteiger partial charge in [-0.25, -0.2) is 0 Å². The van der Waals surface area contributed by atoms with Crippen LogP contribution < -0.4 is 5.32 Å². The highest BCUT2D eigenvalue weighted by Crippen LogP contribution is 2.10. The zero-order chi connectivity index (χ0) is 16.6. The van der Waals surface area contributed by atoms with Gasteiger partial charge in [0, 0.05) is 6.42 Å². The molecule has 0 saturated carbocycles. The van der Waals surface area contributed by atoms with Crippen molar-refractivity contribution in [3.05, 3.63) is 0 Å². The highest BCUT2D eigenvalue weighted by molar-refractivity contribution is 5.75. The molecule has 0 saturated heterocycles. The number of carboxylic acids is 2. The van der Waals surface area contributed by atoms with Gasteiger partial charge in [0.1, 0.15) is 6.04 Å². The normalized spacial score (nSPS) is 12.2. The van der Waals surface area contributed by atoms with Crippen molar-refractivity contribution < 1.29 is 19.8 Å². The fourth-order valence-corrected chi connectivity index (χ4v) is 2.47. The summed E-state index contributed by atoms with van der Waals surface area (Å²) in [5.41, 5.74) is 0. The lowest BCUT2D eigenvalue weighted by molar-refractivity contribution is -0.140. The van der Waals surface area contributed by atoms with Gasteiger partial charge in [-0.3, -0.25) is 9.59 Å². The minimum Gasteiger partial charge on any atom is -0.481 e. The second kappa shape index (κ2) is 14.8. The fraction of sp³-hybridized carbons (Fsp3) is 0.882. The first-order valence-electron chi connectivity index (χ1n) is 8.76. The van der Waals surface area contributed by atoms with Gasteiger partial charge in [0.15, 0.2) is 0 Å². The van der Waals surface area contributed by atoms with Crippen LogP contribution in [0.3, 0.4) is 0 Å². The highest BCUT2D eigenvalue weighted by atomic mass is 16.4. The minimum absolute atomic E-state index is 0.109. The van der Waals surface area contributed by atoms with E-state index in [0.29, 0.717) is 6.54 Å². The molecule has 5 heteroatoms. The van der Waals surface area contributed by atoms with E-state index in [9.17, 15) is 9.59 Å². The maximum atomic E-state index is 11.0. The van der Waals surface area contributed by atoms with Gasteiger partial charge in [-0.1, -0.05) is 64.7 Å². The molecule has 0 heterocycles. The Labute approximate surface area is 134 Å². The van der Waals surface area contributed by atoms with Crippen LogP contribution in [0.4, 0.5) is 0 Å². The Hall–Kier alpha value is -1.10. The number of aliphatic carboxylic acids is 2. The molecule has 0 aromatic carbocycles. The van der Waals surface area contributed by atoms with Crippen molar-refractivity contribution in [3.8, 4) is 0 Å². The summed E-state index contributed by atoms with van der Waals surface area (Å²) < 4.78 is 0. The smallest absolute Gasteiger partial charge is 0.320 e. The first-order chi connectivity index (χ1) is 10.6. The first-order valence-corrected chi connectivity index (χ1v) is 8.76. The molecule has 0 rings (SSSR count). The van der Waals surface area contributed by atoms with E-state index < -0.39 is 18.0 Å². The van der Waals surface area contributed by atoms with Crippen LogP contribution in [0.1, 0.15) is 84.0 Å². The molecule has 0 aliphatic heterocycles. The van der Waals surface area contributed by atoms with Crippen LogP contribution in [0.25, 0.3) is 0 Å². The van der Waals surface area contributed by atoms with Gasteiger partial charge < -0.3 is 15.5 Å². The largest absolute Gasteiger partial charge is 0.481 e. The standard InChI is InChI=1S/C17H33NO4/c1-2-3-4-5-6-7-8-9-10-11-14-18-15(17(21)22)12-13-16(19)20/h15,18H,2-14H2,1H3,(H,19,20)(H,21,22)/t15-/m0/s1. The zero-order valence-electron chi connectivity index (χ0n) is 14.0. The molecule has 22 heavy (non-hydrogen) atoms. The van der Waals surface area contributed by atoms with Crippen molar-refractivity contribution in [2.24, 2.45) is 0 Å². The predicted octanol–water partition coefficient (Wildman–Crippen LogP) is 3.81. The Morgan fingerprint density at radius 3 is 1.82 bits per heavy atom. The molecule has 130 valence electrons. The molecule has 0 aromatic rings. The third-order valence-electron chi connectivity index (χ3n) is 3.87. The van der Waals surface area contributed by atoms with E-state index in [1.165, 1.54) is 51.4 Å². The maximum Gasteiger partial charge on any atom is 0.320 e. The SMILES string of the molecule is CCCCCCCCCCCCN[C@@H](CCC(=O)O)C(=O)O. The van der Waals surface area contributed by atoms with E-state index >= 15 is 0 Å². The van der Waals surface area contributed by atoms with Crippen molar-refractivity contribution in [2.75, 3.05) is 6.54 Å². The van der Waals surface area contributed by atoms with Gasteiger partial charge in [-0.15, -0.1) is 0 Å². The van der Waals surface area contributed by atoms with Crippen molar-refractivity contribution >= 4 is 11.9 Å². The molecule has 0 bridgehead atoms. The molecule has 0 aliphatic rings. The molecule has 1 atom stereocenters. The molecule has 0 amide bonds. The quantitative estimate of drug-likeness (QED) is 0.377.